The number of aromatic nitrogens is 1. The second-order valence-electron chi connectivity index (χ2n) is 4.19. The number of hydrogen-bond acceptors (Lipinski definition) is 5. The number of sulfonamides is 1. The molecular weight excluding hydrogens is 266 g/mol. The number of hydrogen-bond donors (Lipinski definition) is 2. The van der Waals surface area contributed by atoms with Crippen LogP contribution in [0.15, 0.2) is 18.3 Å². The fourth-order valence-corrected chi connectivity index (χ4v) is 2.45. The first-order chi connectivity index (χ1) is 8.99. The Morgan fingerprint density at radius 2 is 2.21 bits per heavy atom. The van der Waals surface area contributed by atoms with E-state index in [1.54, 1.807) is 25.3 Å². The van der Waals surface area contributed by atoms with Crippen LogP contribution in [0.1, 0.15) is 19.4 Å². The molecule has 6 nitrogen and oxygen atoms in total. The van der Waals surface area contributed by atoms with Crippen LogP contribution in [0.3, 0.4) is 0 Å². The van der Waals surface area contributed by atoms with E-state index in [4.69, 9.17) is 4.74 Å². The van der Waals surface area contributed by atoms with Gasteiger partial charge in [0.25, 0.3) is 0 Å². The van der Waals surface area contributed by atoms with Gasteiger partial charge in [-0.3, -0.25) is 0 Å². The van der Waals surface area contributed by atoms with Gasteiger partial charge in [-0.15, -0.1) is 0 Å². The molecule has 1 unspecified atom stereocenters. The van der Waals surface area contributed by atoms with E-state index in [0.29, 0.717) is 12.4 Å². The van der Waals surface area contributed by atoms with E-state index in [-0.39, 0.29) is 6.54 Å². The van der Waals surface area contributed by atoms with Crippen molar-refractivity contribution in [3.63, 3.8) is 0 Å². The fraction of sp³-hybridized carbons (Fsp3) is 0.583. The molecule has 2 N–H and O–H groups in total. The van der Waals surface area contributed by atoms with E-state index in [9.17, 15) is 8.42 Å². The number of ether oxygens (including phenoxy) is 1. The molecule has 0 fully saturated rings. The molecule has 1 atom stereocenters. The molecule has 0 radical (unpaired) electrons. The van der Waals surface area contributed by atoms with Gasteiger partial charge in [0.15, 0.2) is 0 Å². The molecule has 0 bridgehead atoms. The average Bonchev–Trinajstić information content (AvgIpc) is 2.42. The monoisotopic (exact) mass is 287 g/mol. The predicted octanol–water partition coefficient (Wildman–Crippen LogP) is 0.508. The summed E-state index contributed by atoms with van der Waals surface area (Å²) >= 11 is 0. The van der Waals surface area contributed by atoms with Crippen LogP contribution in [0.2, 0.25) is 0 Å². The zero-order valence-electron chi connectivity index (χ0n) is 11.5. The molecule has 1 aromatic rings. The average molecular weight is 287 g/mol. The second kappa shape index (κ2) is 7.42. The quantitative estimate of drug-likeness (QED) is 0.728. The molecule has 0 aliphatic heterocycles. The van der Waals surface area contributed by atoms with Gasteiger partial charge in [-0.1, -0.05) is 6.92 Å². The third-order valence-corrected chi connectivity index (χ3v) is 4.47. The third kappa shape index (κ3) is 5.14. The highest BCUT2D eigenvalue weighted by Crippen LogP contribution is 2.09. The summed E-state index contributed by atoms with van der Waals surface area (Å²) in [5, 5.41) is 2.55. The maximum atomic E-state index is 12.0. The van der Waals surface area contributed by atoms with Crippen molar-refractivity contribution in [3.8, 4) is 5.88 Å². The summed E-state index contributed by atoms with van der Waals surface area (Å²) < 4.78 is 31.5. The van der Waals surface area contributed by atoms with E-state index in [1.165, 1.54) is 7.11 Å². The molecule has 0 aliphatic rings. The number of pyridine rings is 1. The number of nitrogens with one attached hydrogen (secondary N) is 2. The van der Waals surface area contributed by atoms with Gasteiger partial charge < -0.3 is 10.1 Å². The third-order valence-electron chi connectivity index (χ3n) is 2.70. The van der Waals surface area contributed by atoms with Crippen LogP contribution >= 0.6 is 0 Å². The Bertz CT molecular complexity index is 491. The first-order valence-corrected chi connectivity index (χ1v) is 7.72. The van der Waals surface area contributed by atoms with Crippen molar-refractivity contribution in [1.29, 1.82) is 0 Å². The number of methoxy groups -OCH3 is 1. The van der Waals surface area contributed by atoms with Gasteiger partial charge in [0.2, 0.25) is 15.9 Å². The summed E-state index contributed by atoms with van der Waals surface area (Å²) in [7, 11) is -1.80. The van der Waals surface area contributed by atoms with Crippen molar-refractivity contribution in [2.45, 2.75) is 25.6 Å². The molecule has 1 heterocycles. The summed E-state index contributed by atoms with van der Waals surface area (Å²) in [6.07, 6.45) is 1.59. The predicted molar refractivity (Wildman–Crippen MR) is 74.6 cm³/mol. The molecule has 0 amide bonds. The molecular formula is C12H21N3O3S. The van der Waals surface area contributed by atoms with E-state index in [0.717, 1.165) is 12.1 Å². The van der Waals surface area contributed by atoms with E-state index >= 15 is 0 Å². The topological polar surface area (TPSA) is 80.3 Å². The van der Waals surface area contributed by atoms with Crippen molar-refractivity contribution in [1.82, 2.24) is 15.0 Å². The molecule has 1 aromatic heterocycles. The minimum Gasteiger partial charge on any atom is -0.481 e. The number of nitrogens with zero attached hydrogens (tertiary/aromatic N) is 1. The Morgan fingerprint density at radius 3 is 2.84 bits per heavy atom. The SMILES string of the molecule is CCNCC(C)S(=O)(=O)NCc1ccnc(OC)c1. The zero-order valence-corrected chi connectivity index (χ0v) is 12.3. The van der Waals surface area contributed by atoms with Crippen molar-refractivity contribution >= 4 is 10.0 Å². The highest BCUT2D eigenvalue weighted by molar-refractivity contribution is 7.90. The Morgan fingerprint density at radius 1 is 1.47 bits per heavy atom. The number of rotatable bonds is 8. The van der Waals surface area contributed by atoms with Crippen LogP contribution in [-0.2, 0) is 16.6 Å². The maximum absolute atomic E-state index is 12.0. The van der Waals surface area contributed by atoms with Gasteiger partial charge in [0, 0.05) is 25.4 Å². The van der Waals surface area contributed by atoms with Gasteiger partial charge in [-0.2, -0.15) is 0 Å². The molecule has 1 rings (SSSR count). The van der Waals surface area contributed by atoms with Gasteiger partial charge in [0.1, 0.15) is 0 Å². The summed E-state index contributed by atoms with van der Waals surface area (Å²) in [6, 6.07) is 3.46. The maximum Gasteiger partial charge on any atom is 0.215 e. The van der Waals surface area contributed by atoms with E-state index in [2.05, 4.69) is 15.0 Å². The minimum atomic E-state index is -3.32. The molecule has 0 saturated heterocycles. The molecule has 0 spiro atoms. The molecule has 0 saturated carbocycles. The normalized spacial score (nSPS) is 13.2. The highest BCUT2D eigenvalue weighted by Gasteiger charge is 2.19. The zero-order chi connectivity index (χ0) is 14.3. The first-order valence-electron chi connectivity index (χ1n) is 6.17. The van der Waals surface area contributed by atoms with Crippen molar-refractivity contribution < 1.29 is 13.2 Å². The lowest BCUT2D eigenvalue weighted by atomic mass is 10.3. The minimum absolute atomic E-state index is 0.234. The summed E-state index contributed by atoms with van der Waals surface area (Å²) in [4.78, 5) is 3.97. The Labute approximate surface area is 114 Å². The van der Waals surface area contributed by atoms with Crippen LogP contribution in [-0.4, -0.2) is 38.9 Å². The largest absolute Gasteiger partial charge is 0.481 e. The Balaban J connectivity index is 2.59. The first kappa shape index (κ1) is 15.9. The van der Waals surface area contributed by atoms with E-state index in [1.807, 2.05) is 6.92 Å². The summed E-state index contributed by atoms with van der Waals surface area (Å²) in [5.41, 5.74) is 0.811. The lowest BCUT2D eigenvalue weighted by Crippen LogP contribution is -2.38. The highest BCUT2D eigenvalue weighted by atomic mass is 32.2. The fourth-order valence-electron chi connectivity index (χ4n) is 1.46. The molecule has 0 aromatic carbocycles. The van der Waals surface area contributed by atoms with Crippen molar-refractivity contribution in [2.75, 3.05) is 20.2 Å². The van der Waals surface area contributed by atoms with Gasteiger partial charge in [-0.05, 0) is 25.1 Å². The Kier molecular flexibility index (Phi) is 6.20. The van der Waals surface area contributed by atoms with Crippen LogP contribution < -0.4 is 14.8 Å². The Hall–Kier alpha value is -1.18. The molecule has 7 heteroatoms. The summed E-state index contributed by atoms with van der Waals surface area (Å²) in [6.45, 7) is 5.04. The lowest BCUT2D eigenvalue weighted by Gasteiger charge is -2.14. The lowest BCUT2D eigenvalue weighted by molar-refractivity contribution is 0.397. The van der Waals surface area contributed by atoms with Crippen LogP contribution in [0.4, 0.5) is 0 Å². The van der Waals surface area contributed by atoms with Gasteiger partial charge in [0.05, 0.1) is 12.4 Å². The van der Waals surface area contributed by atoms with Crippen molar-refractivity contribution in [2.24, 2.45) is 0 Å². The molecule has 0 aliphatic carbocycles. The smallest absolute Gasteiger partial charge is 0.215 e. The van der Waals surface area contributed by atoms with E-state index < -0.39 is 15.3 Å². The van der Waals surface area contributed by atoms with Gasteiger partial charge >= 0.3 is 0 Å². The molecule has 19 heavy (non-hydrogen) atoms. The van der Waals surface area contributed by atoms with Gasteiger partial charge in [-0.25, -0.2) is 18.1 Å². The van der Waals surface area contributed by atoms with Crippen LogP contribution in [0.5, 0.6) is 5.88 Å². The molecule has 108 valence electrons. The second-order valence-corrected chi connectivity index (χ2v) is 6.37. The summed E-state index contributed by atoms with van der Waals surface area (Å²) in [5.74, 6) is 0.470. The van der Waals surface area contributed by atoms with Crippen LogP contribution in [0.25, 0.3) is 0 Å². The van der Waals surface area contributed by atoms with Crippen molar-refractivity contribution in [3.05, 3.63) is 23.9 Å². The van der Waals surface area contributed by atoms with Crippen LogP contribution in [0, 0.1) is 0 Å². The standard InChI is InChI=1S/C12H21N3O3S/c1-4-13-8-10(2)19(16,17)15-9-11-5-6-14-12(7-11)18-3/h5-7,10,13,15H,4,8-9H2,1-3H3.